The summed E-state index contributed by atoms with van der Waals surface area (Å²) in [5.74, 6) is 0.0234. The molecule has 0 amide bonds. The van der Waals surface area contributed by atoms with Gasteiger partial charge in [0, 0.05) is 27.7 Å². The van der Waals surface area contributed by atoms with Gasteiger partial charge in [0.2, 0.25) is 0 Å². The van der Waals surface area contributed by atoms with Gasteiger partial charge in [-0.25, -0.2) is 0 Å². The van der Waals surface area contributed by atoms with Crippen molar-refractivity contribution in [2.75, 3.05) is 0 Å². The molecule has 0 unspecified atom stereocenters. The highest BCUT2D eigenvalue weighted by molar-refractivity contribution is 6.07. The predicted molar refractivity (Wildman–Crippen MR) is 82.8 cm³/mol. The Morgan fingerprint density at radius 3 is 2.50 bits per heavy atom. The van der Waals surface area contributed by atoms with Gasteiger partial charge in [-0.1, -0.05) is 48.5 Å². The molecule has 2 heteroatoms. The first-order valence-corrected chi connectivity index (χ1v) is 6.60. The normalized spacial score (nSPS) is 11.2. The van der Waals surface area contributed by atoms with Crippen molar-refractivity contribution < 1.29 is 4.79 Å². The second-order valence-electron chi connectivity index (χ2n) is 4.77. The van der Waals surface area contributed by atoms with E-state index in [0.717, 1.165) is 22.2 Å². The fraction of sp³-hybridized carbons (Fsp3) is 0.0556. The van der Waals surface area contributed by atoms with Crippen molar-refractivity contribution in [1.29, 1.82) is 0 Å². The first-order chi connectivity index (χ1) is 9.75. The van der Waals surface area contributed by atoms with Crippen LogP contribution in [-0.2, 0) is 0 Å². The van der Waals surface area contributed by atoms with Crippen LogP contribution in [0.25, 0.3) is 17.0 Å². The maximum Gasteiger partial charge on any atom is 0.185 e. The van der Waals surface area contributed by atoms with E-state index in [9.17, 15) is 4.79 Å². The zero-order valence-corrected chi connectivity index (χ0v) is 11.3. The van der Waals surface area contributed by atoms with Gasteiger partial charge >= 0.3 is 0 Å². The van der Waals surface area contributed by atoms with Gasteiger partial charge < -0.3 is 4.98 Å². The van der Waals surface area contributed by atoms with Crippen molar-refractivity contribution in [1.82, 2.24) is 4.98 Å². The molecule has 1 aromatic heterocycles. The molecule has 0 bridgehead atoms. The number of carbonyl (C=O) groups excluding carboxylic acids is 1. The first-order valence-electron chi connectivity index (χ1n) is 6.60. The molecule has 0 spiro atoms. The Kier molecular flexibility index (Phi) is 3.21. The lowest BCUT2D eigenvalue weighted by molar-refractivity contribution is 0.104. The van der Waals surface area contributed by atoms with Crippen molar-refractivity contribution in [2.45, 2.75) is 6.92 Å². The molecule has 0 saturated carbocycles. The summed E-state index contributed by atoms with van der Waals surface area (Å²) in [6.45, 7) is 2.02. The molecular formula is C18H15NO. The van der Waals surface area contributed by atoms with Crippen LogP contribution in [0.5, 0.6) is 0 Å². The summed E-state index contributed by atoms with van der Waals surface area (Å²) in [7, 11) is 0. The number of fused-ring (bicyclic) bond motifs is 1. The third kappa shape index (κ3) is 2.28. The molecule has 3 rings (SSSR count). The molecule has 2 aromatic carbocycles. The minimum absolute atomic E-state index is 0.0234. The average molecular weight is 261 g/mol. The largest absolute Gasteiger partial charge is 0.358 e. The highest BCUT2D eigenvalue weighted by atomic mass is 16.1. The summed E-state index contributed by atoms with van der Waals surface area (Å²) in [6.07, 6.45) is 3.53. The monoisotopic (exact) mass is 261 g/mol. The summed E-state index contributed by atoms with van der Waals surface area (Å²) in [5.41, 5.74) is 3.95. The summed E-state index contributed by atoms with van der Waals surface area (Å²) < 4.78 is 0. The Morgan fingerprint density at radius 2 is 1.70 bits per heavy atom. The SMILES string of the molecule is Cc1[nH]c2ccccc2c1C=CC(=O)c1ccccc1. The number of hydrogen-bond donors (Lipinski definition) is 1. The van der Waals surface area contributed by atoms with E-state index in [1.807, 2.05) is 61.5 Å². The van der Waals surface area contributed by atoms with Gasteiger partial charge in [-0.3, -0.25) is 4.79 Å². The van der Waals surface area contributed by atoms with E-state index < -0.39 is 0 Å². The topological polar surface area (TPSA) is 32.9 Å². The molecule has 0 radical (unpaired) electrons. The van der Waals surface area contributed by atoms with Crippen LogP contribution < -0.4 is 0 Å². The molecule has 2 nitrogen and oxygen atoms in total. The van der Waals surface area contributed by atoms with Gasteiger partial charge in [0.1, 0.15) is 0 Å². The lowest BCUT2D eigenvalue weighted by Crippen LogP contribution is -1.92. The molecule has 1 heterocycles. The van der Waals surface area contributed by atoms with Gasteiger partial charge in [-0.2, -0.15) is 0 Å². The fourth-order valence-corrected chi connectivity index (χ4v) is 2.37. The number of hydrogen-bond acceptors (Lipinski definition) is 1. The number of benzene rings is 2. The van der Waals surface area contributed by atoms with Crippen LogP contribution in [0.15, 0.2) is 60.7 Å². The summed E-state index contributed by atoms with van der Waals surface area (Å²) >= 11 is 0. The molecule has 1 N–H and O–H groups in total. The molecule has 98 valence electrons. The Hall–Kier alpha value is -2.61. The fourth-order valence-electron chi connectivity index (χ4n) is 2.37. The predicted octanol–water partition coefficient (Wildman–Crippen LogP) is 4.37. The van der Waals surface area contributed by atoms with E-state index >= 15 is 0 Å². The van der Waals surface area contributed by atoms with E-state index in [-0.39, 0.29) is 5.78 Å². The number of carbonyl (C=O) groups is 1. The third-order valence-electron chi connectivity index (χ3n) is 3.40. The van der Waals surface area contributed by atoms with E-state index in [4.69, 9.17) is 0 Å². The maximum atomic E-state index is 12.1. The second kappa shape index (κ2) is 5.17. The molecule has 0 aliphatic rings. The number of nitrogens with one attached hydrogen (secondary N) is 1. The number of rotatable bonds is 3. The molecule has 0 atom stereocenters. The highest BCUT2D eigenvalue weighted by Gasteiger charge is 2.06. The lowest BCUT2D eigenvalue weighted by Gasteiger charge is -1.95. The number of ketones is 1. The van der Waals surface area contributed by atoms with Crippen LogP contribution in [0.3, 0.4) is 0 Å². The Morgan fingerprint density at radius 1 is 1.00 bits per heavy atom. The molecular weight excluding hydrogens is 246 g/mol. The average Bonchev–Trinajstić information content (AvgIpc) is 2.81. The number of allylic oxidation sites excluding steroid dienone is 1. The van der Waals surface area contributed by atoms with Crippen molar-refractivity contribution in [3.05, 3.63) is 77.5 Å². The Balaban J connectivity index is 1.95. The lowest BCUT2D eigenvalue weighted by atomic mass is 10.1. The van der Waals surface area contributed by atoms with Crippen LogP contribution in [0, 0.1) is 6.92 Å². The molecule has 20 heavy (non-hydrogen) atoms. The molecule has 0 aliphatic heterocycles. The van der Waals surface area contributed by atoms with Crippen LogP contribution in [0.2, 0.25) is 0 Å². The first kappa shape index (κ1) is 12.4. The molecule has 0 saturated heterocycles. The van der Waals surface area contributed by atoms with Crippen LogP contribution in [0.1, 0.15) is 21.6 Å². The van der Waals surface area contributed by atoms with E-state index in [2.05, 4.69) is 11.1 Å². The highest BCUT2D eigenvalue weighted by Crippen LogP contribution is 2.23. The van der Waals surface area contributed by atoms with E-state index in [1.54, 1.807) is 6.08 Å². The van der Waals surface area contributed by atoms with E-state index in [1.165, 1.54) is 0 Å². The smallest absolute Gasteiger partial charge is 0.185 e. The van der Waals surface area contributed by atoms with Crippen molar-refractivity contribution in [3.63, 3.8) is 0 Å². The number of aryl methyl sites for hydroxylation is 1. The molecule has 0 fully saturated rings. The molecule has 3 aromatic rings. The number of H-pyrrole nitrogens is 1. The number of para-hydroxylation sites is 1. The minimum atomic E-state index is 0.0234. The zero-order valence-electron chi connectivity index (χ0n) is 11.3. The summed E-state index contributed by atoms with van der Waals surface area (Å²) in [4.78, 5) is 15.4. The summed E-state index contributed by atoms with van der Waals surface area (Å²) in [6, 6.07) is 17.4. The van der Waals surface area contributed by atoms with Gasteiger partial charge in [-0.05, 0) is 25.1 Å². The zero-order chi connectivity index (χ0) is 13.9. The third-order valence-corrected chi connectivity index (χ3v) is 3.40. The van der Waals surface area contributed by atoms with Gasteiger partial charge in [-0.15, -0.1) is 0 Å². The van der Waals surface area contributed by atoms with E-state index in [0.29, 0.717) is 5.56 Å². The number of aromatic nitrogens is 1. The van der Waals surface area contributed by atoms with Gasteiger partial charge in [0.15, 0.2) is 5.78 Å². The minimum Gasteiger partial charge on any atom is -0.358 e. The Bertz CT molecular complexity index is 782. The molecule has 0 aliphatic carbocycles. The van der Waals surface area contributed by atoms with Crippen molar-refractivity contribution >= 4 is 22.8 Å². The van der Waals surface area contributed by atoms with Crippen molar-refractivity contribution in [3.8, 4) is 0 Å². The van der Waals surface area contributed by atoms with Crippen LogP contribution >= 0.6 is 0 Å². The quantitative estimate of drug-likeness (QED) is 0.551. The summed E-state index contributed by atoms with van der Waals surface area (Å²) in [5, 5.41) is 1.14. The van der Waals surface area contributed by atoms with Crippen LogP contribution in [0.4, 0.5) is 0 Å². The van der Waals surface area contributed by atoms with Gasteiger partial charge in [0.05, 0.1) is 0 Å². The maximum absolute atomic E-state index is 12.1. The Labute approximate surface area is 117 Å². The van der Waals surface area contributed by atoms with Crippen LogP contribution in [-0.4, -0.2) is 10.8 Å². The standard InChI is InChI=1S/C18H15NO/c1-13-15(16-9-5-6-10-17(16)19-13)11-12-18(20)14-7-3-2-4-8-14/h2-12,19H,1H3. The van der Waals surface area contributed by atoms with Gasteiger partial charge in [0.25, 0.3) is 0 Å². The van der Waals surface area contributed by atoms with Crippen molar-refractivity contribution in [2.24, 2.45) is 0 Å². The second-order valence-corrected chi connectivity index (χ2v) is 4.77. The number of aromatic amines is 1.